The lowest BCUT2D eigenvalue weighted by atomic mass is 10.2. The zero-order valence-electron chi connectivity index (χ0n) is 6.46. The minimum atomic E-state index is 0.999. The molecule has 0 aliphatic carbocycles. The smallest absolute Gasteiger partial charge is 0.0912 e. The first-order chi connectivity index (χ1) is 5.25. The molecular weight excluding hydrogens is 156 g/mol. The van der Waals surface area contributed by atoms with E-state index in [4.69, 9.17) is 5.26 Å². The quantitative estimate of drug-likeness (QED) is 0.597. The molecule has 1 rings (SSSR count). The summed E-state index contributed by atoms with van der Waals surface area (Å²) >= 11 is 1.47. The molecule has 1 aromatic rings. The highest BCUT2D eigenvalue weighted by molar-refractivity contribution is 7.06. The number of rotatable bonds is 1. The molecule has 0 aliphatic rings. The maximum Gasteiger partial charge on any atom is 0.0912 e. The lowest BCUT2D eigenvalue weighted by Gasteiger charge is -1.87. The molecular formula is C8H8N2S. The molecule has 2 nitrogen and oxygen atoms in total. The zero-order valence-corrected chi connectivity index (χ0v) is 7.27. The summed E-state index contributed by atoms with van der Waals surface area (Å²) in [6.07, 6.45) is 3.28. The highest BCUT2D eigenvalue weighted by Crippen LogP contribution is 2.17. The van der Waals surface area contributed by atoms with E-state index in [0.717, 1.165) is 16.1 Å². The molecule has 0 amide bonds. The Bertz CT molecular complexity index is 298. The molecule has 0 radical (unpaired) electrons. The molecule has 0 N–H and O–H groups in total. The maximum atomic E-state index is 8.29. The number of allylic oxidation sites excluding steroid dienone is 1. The van der Waals surface area contributed by atoms with Crippen LogP contribution >= 0.6 is 11.5 Å². The van der Waals surface area contributed by atoms with E-state index in [1.165, 1.54) is 17.6 Å². The topological polar surface area (TPSA) is 36.7 Å². The van der Waals surface area contributed by atoms with Gasteiger partial charge in [-0.25, -0.2) is 0 Å². The van der Waals surface area contributed by atoms with E-state index in [-0.39, 0.29) is 0 Å². The number of hydrogen-bond acceptors (Lipinski definition) is 3. The highest BCUT2D eigenvalue weighted by atomic mass is 32.1. The summed E-state index contributed by atoms with van der Waals surface area (Å²) in [5, 5.41) is 8.29. The summed E-state index contributed by atoms with van der Waals surface area (Å²) < 4.78 is 4.15. The van der Waals surface area contributed by atoms with E-state index in [1.807, 2.05) is 19.9 Å². The number of nitriles is 1. The molecule has 0 spiro atoms. The molecule has 0 saturated carbocycles. The van der Waals surface area contributed by atoms with E-state index in [0.29, 0.717) is 0 Å². The van der Waals surface area contributed by atoms with Gasteiger partial charge in [0.2, 0.25) is 0 Å². The van der Waals surface area contributed by atoms with Crippen molar-refractivity contribution < 1.29 is 0 Å². The molecule has 0 bridgehead atoms. The van der Waals surface area contributed by atoms with Crippen molar-refractivity contribution in [3.05, 3.63) is 22.2 Å². The summed E-state index contributed by atoms with van der Waals surface area (Å²) in [6, 6.07) is 1.96. The Morgan fingerprint density at radius 1 is 1.55 bits per heavy atom. The number of hydrogen-bond donors (Lipinski definition) is 0. The van der Waals surface area contributed by atoms with Crippen LogP contribution in [0.5, 0.6) is 0 Å². The minimum Gasteiger partial charge on any atom is -0.197 e. The van der Waals surface area contributed by atoms with E-state index < -0.39 is 0 Å². The van der Waals surface area contributed by atoms with Gasteiger partial charge in [-0.05, 0) is 31.5 Å². The zero-order chi connectivity index (χ0) is 8.27. The number of aryl methyl sites for hydroxylation is 2. The fraction of sp³-hybridized carbons (Fsp3) is 0.250. The van der Waals surface area contributed by atoms with Gasteiger partial charge in [0.25, 0.3) is 0 Å². The monoisotopic (exact) mass is 164 g/mol. The van der Waals surface area contributed by atoms with Crippen molar-refractivity contribution in [1.29, 1.82) is 5.26 Å². The standard InChI is InChI=1S/C8H8N2S/c1-6-8(4-3-5-9)7(2)11-10-6/h3-4H,1-2H3/b4-3+. The van der Waals surface area contributed by atoms with Crippen LogP contribution < -0.4 is 0 Å². The second kappa shape index (κ2) is 3.31. The van der Waals surface area contributed by atoms with Gasteiger partial charge in [-0.3, -0.25) is 0 Å². The second-order valence-corrected chi connectivity index (χ2v) is 3.18. The maximum absolute atomic E-state index is 8.29. The molecule has 0 unspecified atom stereocenters. The molecule has 0 fully saturated rings. The van der Waals surface area contributed by atoms with Crippen molar-refractivity contribution >= 4 is 17.6 Å². The lowest BCUT2D eigenvalue weighted by Crippen LogP contribution is -1.75. The van der Waals surface area contributed by atoms with Crippen LogP contribution in [0, 0.1) is 25.2 Å². The van der Waals surface area contributed by atoms with Crippen molar-refractivity contribution in [3.63, 3.8) is 0 Å². The Balaban J connectivity index is 3.03. The van der Waals surface area contributed by atoms with E-state index in [9.17, 15) is 0 Å². The number of nitrogens with zero attached hydrogens (tertiary/aromatic N) is 2. The van der Waals surface area contributed by atoms with Crippen molar-refractivity contribution in [3.8, 4) is 6.07 Å². The van der Waals surface area contributed by atoms with Gasteiger partial charge in [-0.2, -0.15) is 9.64 Å². The average molecular weight is 164 g/mol. The Morgan fingerprint density at radius 2 is 2.27 bits per heavy atom. The van der Waals surface area contributed by atoms with Crippen LogP contribution in [0.25, 0.3) is 6.08 Å². The van der Waals surface area contributed by atoms with Crippen molar-refractivity contribution in [1.82, 2.24) is 4.37 Å². The van der Waals surface area contributed by atoms with Gasteiger partial charge < -0.3 is 0 Å². The first-order valence-corrected chi connectivity index (χ1v) is 4.02. The highest BCUT2D eigenvalue weighted by Gasteiger charge is 2.01. The van der Waals surface area contributed by atoms with Crippen molar-refractivity contribution in [2.24, 2.45) is 0 Å². The van der Waals surface area contributed by atoms with Gasteiger partial charge in [-0.1, -0.05) is 0 Å². The summed E-state index contributed by atoms with van der Waals surface area (Å²) in [7, 11) is 0. The average Bonchev–Trinajstić information content (AvgIpc) is 2.29. The lowest BCUT2D eigenvalue weighted by molar-refractivity contribution is 1.32. The number of aromatic nitrogens is 1. The largest absolute Gasteiger partial charge is 0.197 e. The third-order valence-corrected chi connectivity index (χ3v) is 2.27. The van der Waals surface area contributed by atoms with Crippen molar-refractivity contribution in [2.45, 2.75) is 13.8 Å². The molecule has 56 valence electrons. The van der Waals surface area contributed by atoms with Crippen LogP contribution in [0.4, 0.5) is 0 Å². The first-order valence-electron chi connectivity index (χ1n) is 3.24. The van der Waals surface area contributed by atoms with Crippen LogP contribution in [0.1, 0.15) is 16.1 Å². The van der Waals surface area contributed by atoms with Crippen LogP contribution in [0.3, 0.4) is 0 Å². The predicted molar refractivity (Wildman–Crippen MR) is 46.2 cm³/mol. The van der Waals surface area contributed by atoms with Gasteiger partial charge >= 0.3 is 0 Å². The molecule has 0 aliphatic heterocycles. The van der Waals surface area contributed by atoms with Gasteiger partial charge in [0.1, 0.15) is 0 Å². The van der Waals surface area contributed by atoms with Crippen LogP contribution in [-0.4, -0.2) is 4.37 Å². The molecule has 1 heterocycles. The second-order valence-electron chi connectivity index (χ2n) is 2.20. The van der Waals surface area contributed by atoms with E-state index in [2.05, 4.69) is 4.37 Å². The molecule has 11 heavy (non-hydrogen) atoms. The molecule has 3 heteroatoms. The Kier molecular flexibility index (Phi) is 2.40. The molecule has 0 atom stereocenters. The first kappa shape index (κ1) is 7.96. The summed E-state index contributed by atoms with van der Waals surface area (Å²) in [5.41, 5.74) is 2.08. The van der Waals surface area contributed by atoms with Crippen molar-refractivity contribution in [2.75, 3.05) is 0 Å². The Morgan fingerprint density at radius 3 is 2.73 bits per heavy atom. The molecule has 0 saturated heterocycles. The molecule has 0 aromatic carbocycles. The Hall–Kier alpha value is -1.14. The third kappa shape index (κ3) is 1.66. The molecule has 1 aromatic heterocycles. The van der Waals surface area contributed by atoms with Gasteiger partial charge in [0.05, 0.1) is 11.8 Å². The van der Waals surface area contributed by atoms with Crippen LogP contribution in [0.15, 0.2) is 6.08 Å². The van der Waals surface area contributed by atoms with E-state index in [1.54, 1.807) is 6.08 Å². The fourth-order valence-electron chi connectivity index (χ4n) is 0.849. The predicted octanol–water partition coefficient (Wildman–Crippen LogP) is 2.30. The summed E-state index contributed by atoms with van der Waals surface area (Å²) in [4.78, 5) is 1.16. The normalized spacial score (nSPS) is 10.3. The van der Waals surface area contributed by atoms with Gasteiger partial charge in [0.15, 0.2) is 0 Å². The summed E-state index contributed by atoms with van der Waals surface area (Å²) in [5.74, 6) is 0. The summed E-state index contributed by atoms with van der Waals surface area (Å²) in [6.45, 7) is 3.95. The van der Waals surface area contributed by atoms with Gasteiger partial charge in [0, 0.05) is 16.5 Å². The van der Waals surface area contributed by atoms with E-state index >= 15 is 0 Å². The van der Waals surface area contributed by atoms with Crippen LogP contribution in [-0.2, 0) is 0 Å². The fourth-order valence-corrected chi connectivity index (χ4v) is 1.53. The Labute approximate surface area is 70.0 Å². The SMILES string of the molecule is Cc1nsc(C)c1/C=C/C#N. The third-order valence-electron chi connectivity index (χ3n) is 1.41. The minimum absolute atomic E-state index is 0.999. The van der Waals surface area contributed by atoms with Gasteiger partial charge in [-0.15, -0.1) is 0 Å². The van der Waals surface area contributed by atoms with Crippen LogP contribution in [0.2, 0.25) is 0 Å².